The molecule has 0 aliphatic carbocycles. The molecule has 2 aromatic heterocycles. The van der Waals surface area contributed by atoms with Crippen LogP contribution in [0.25, 0.3) is 5.82 Å². The van der Waals surface area contributed by atoms with E-state index >= 15 is 0 Å². The highest BCUT2D eigenvalue weighted by Gasteiger charge is 2.18. The predicted molar refractivity (Wildman–Crippen MR) is 89.5 cm³/mol. The highest BCUT2D eigenvalue weighted by atomic mass is 32.2. The van der Waals surface area contributed by atoms with Crippen molar-refractivity contribution in [1.29, 1.82) is 0 Å². The average Bonchev–Trinajstić information content (AvgIpc) is 3.15. The van der Waals surface area contributed by atoms with Crippen molar-refractivity contribution in [1.82, 2.24) is 19.5 Å². The Morgan fingerprint density at radius 1 is 1.08 bits per heavy atom. The number of benzene rings is 1. The normalized spacial score (nSPS) is 11.1. The van der Waals surface area contributed by atoms with Gasteiger partial charge < -0.3 is 9.47 Å². The zero-order valence-electron chi connectivity index (χ0n) is 13.4. The number of sulfonamides is 1. The van der Waals surface area contributed by atoms with Crippen molar-refractivity contribution in [2.24, 2.45) is 0 Å². The molecule has 2 heterocycles. The number of hydrogen-bond acceptors (Lipinski definition) is 7. The molecule has 0 saturated heterocycles. The molecule has 0 fully saturated rings. The Bertz CT molecular complexity index is 973. The van der Waals surface area contributed by atoms with E-state index in [2.05, 4.69) is 19.7 Å². The first-order valence-corrected chi connectivity index (χ1v) is 8.57. The topological polar surface area (TPSA) is 108 Å². The minimum Gasteiger partial charge on any atom is -0.493 e. The van der Waals surface area contributed by atoms with Crippen LogP contribution in [-0.2, 0) is 10.0 Å². The zero-order valence-corrected chi connectivity index (χ0v) is 14.3. The smallest absolute Gasteiger partial charge is 0.263 e. The van der Waals surface area contributed by atoms with E-state index in [4.69, 9.17) is 9.47 Å². The lowest BCUT2D eigenvalue weighted by Crippen LogP contribution is -2.14. The van der Waals surface area contributed by atoms with Crippen LogP contribution in [0.4, 0.5) is 5.82 Å². The van der Waals surface area contributed by atoms with Crippen molar-refractivity contribution in [3.63, 3.8) is 0 Å². The van der Waals surface area contributed by atoms with E-state index in [1.807, 2.05) is 0 Å². The van der Waals surface area contributed by atoms with Crippen LogP contribution in [0.3, 0.4) is 0 Å². The molecule has 0 radical (unpaired) electrons. The number of nitrogens with one attached hydrogen (secondary N) is 1. The molecule has 0 aliphatic rings. The third-order valence-electron chi connectivity index (χ3n) is 3.33. The van der Waals surface area contributed by atoms with Crippen LogP contribution in [0.1, 0.15) is 0 Å². The molecule has 3 rings (SSSR count). The Labute approximate surface area is 144 Å². The first-order valence-electron chi connectivity index (χ1n) is 7.09. The van der Waals surface area contributed by atoms with Crippen LogP contribution in [-0.4, -0.2) is 42.2 Å². The fourth-order valence-electron chi connectivity index (χ4n) is 2.12. The van der Waals surface area contributed by atoms with Crippen molar-refractivity contribution < 1.29 is 17.9 Å². The van der Waals surface area contributed by atoms with Gasteiger partial charge in [-0.05, 0) is 12.1 Å². The molecule has 0 amide bonds. The van der Waals surface area contributed by atoms with E-state index in [0.29, 0.717) is 17.3 Å². The minimum atomic E-state index is -3.86. The van der Waals surface area contributed by atoms with Crippen LogP contribution >= 0.6 is 0 Å². The third kappa shape index (κ3) is 3.53. The Balaban J connectivity index is 1.91. The van der Waals surface area contributed by atoms with Gasteiger partial charge in [0.1, 0.15) is 24.3 Å². The number of methoxy groups -OCH3 is 2. The monoisotopic (exact) mass is 361 g/mol. The molecule has 0 bridgehead atoms. The zero-order chi connectivity index (χ0) is 17.9. The van der Waals surface area contributed by atoms with E-state index in [-0.39, 0.29) is 10.7 Å². The van der Waals surface area contributed by atoms with E-state index in [1.165, 1.54) is 44.8 Å². The molecule has 0 aliphatic heterocycles. The van der Waals surface area contributed by atoms with E-state index in [0.717, 1.165) is 0 Å². The van der Waals surface area contributed by atoms with Crippen molar-refractivity contribution >= 4 is 15.8 Å². The van der Waals surface area contributed by atoms with Gasteiger partial charge in [0, 0.05) is 24.5 Å². The number of aromatic nitrogens is 4. The van der Waals surface area contributed by atoms with Crippen molar-refractivity contribution in [2.45, 2.75) is 4.90 Å². The lowest BCUT2D eigenvalue weighted by molar-refractivity contribution is 0.354. The number of imidazole rings is 1. The molecule has 0 unspecified atom stereocenters. The highest BCUT2D eigenvalue weighted by molar-refractivity contribution is 7.92. The molecule has 1 aromatic carbocycles. The van der Waals surface area contributed by atoms with Gasteiger partial charge in [-0.3, -0.25) is 9.29 Å². The Hall–Kier alpha value is -3.14. The summed E-state index contributed by atoms with van der Waals surface area (Å²) in [4.78, 5) is 12.0. The minimum absolute atomic E-state index is 0.0212. The van der Waals surface area contributed by atoms with Gasteiger partial charge in [-0.15, -0.1) is 0 Å². The van der Waals surface area contributed by atoms with Gasteiger partial charge in [0.05, 0.1) is 19.1 Å². The summed E-state index contributed by atoms with van der Waals surface area (Å²) in [5, 5.41) is 0. The number of anilines is 1. The fourth-order valence-corrected chi connectivity index (χ4v) is 3.13. The van der Waals surface area contributed by atoms with Gasteiger partial charge in [0.2, 0.25) is 0 Å². The molecule has 9 nitrogen and oxygen atoms in total. The van der Waals surface area contributed by atoms with Crippen molar-refractivity contribution in [2.75, 3.05) is 18.9 Å². The van der Waals surface area contributed by atoms with E-state index in [9.17, 15) is 8.42 Å². The van der Waals surface area contributed by atoms with Crippen molar-refractivity contribution in [3.8, 4) is 17.3 Å². The lowest BCUT2D eigenvalue weighted by Gasteiger charge is -2.11. The lowest BCUT2D eigenvalue weighted by atomic mass is 10.3. The average molecular weight is 361 g/mol. The second kappa shape index (κ2) is 6.77. The van der Waals surface area contributed by atoms with Gasteiger partial charge >= 0.3 is 0 Å². The molecule has 10 heteroatoms. The molecule has 25 heavy (non-hydrogen) atoms. The molecule has 1 N–H and O–H groups in total. The molecule has 0 atom stereocenters. The fraction of sp³-hybridized carbons (Fsp3) is 0.133. The largest absolute Gasteiger partial charge is 0.493 e. The van der Waals surface area contributed by atoms with Gasteiger partial charge in [0.15, 0.2) is 11.5 Å². The van der Waals surface area contributed by atoms with E-state index < -0.39 is 10.0 Å². The molecule has 0 spiro atoms. The summed E-state index contributed by atoms with van der Waals surface area (Å²) in [6, 6.07) is 5.81. The highest BCUT2D eigenvalue weighted by Crippen LogP contribution is 2.30. The van der Waals surface area contributed by atoms with Crippen LogP contribution in [0.15, 0.2) is 54.2 Å². The van der Waals surface area contributed by atoms with Gasteiger partial charge in [-0.2, -0.15) is 0 Å². The Morgan fingerprint density at radius 3 is 2.56 bits per heavy atom. The summed E-state index contributed by atoms with van der Waals surface area (Å²) in [6.07, 6.45) is 6.10. The standard InChI is InChI=1S/C15H15N5O4S/c1-23-12-4-3-11(7-13(12)24-2)25(21,22)19-14-8-15(18-9-17-14)20-6-5-16-10-20/h3-10H,1-2H3,(H,17,18,19). The second-order valence-corrected chi connectivity index (χ2v) is 6.54. The first kappa shape index (κ1) is 16.7. The van der Waals surface area contributed by atoms with E-state index in [1.54, 1.807) is 23.3 Å². The van der Waals surface area contributed by atoms with Crippen LogP contribution in [0.5, 0.6) is 11.5 Å². The molecule has 130 valence electrons. The first-order chi connectivity index (χ1) is 12.0. The number of hydrogen-bond donors (Lipinski definition) is 1. The van der Waals surface area contributed by atoms with Gasteiger partial charge in [-0.25, -0.2) is 23.4 Å². The number of rotatable bonds is 6. The maximum atomic E-state index is 12.6. The quantitative estimate of drug-likeness (QED) is 0.708. The van der Waals surface area contributed by atoms with Gasteiger partial charge in [-0.1, -0.05) is 0 Å². The molecular formula is C15H15N5O4S. The van der Waals surface area contributed by atoms with Gasteiger partial charge in [0.25, 0.3) is 10.0 Å². The Kier molecular flexibility index (Phi) is 4.52. The summed E-state index contributed by atoms with van der Waals surface area (Å²) in [5.74, 6) is 1.36. The maximum absolute atomic E-state index is 12.6. The summed E-state index contributed by atoms with van der Waals surface area (Å²) < 4.78 is 39.5. The van der Waals surface area contributed by atoms with Crippen LogP contribution < -0.4 is 14.2 Å². The van der Waals surface area contributed by atoms with Crippen LogP contribution in [0, 0.1) is 0 Å². The molecular weight excluding hydrogens is 346 g/mol. The Morgan fingerprint density at radius 2 is 1.88 bits per heavy atom. The molecule has 0 saturated carbocycles. The van der Waals surface area contributed by atoms with Crippen molar-refractivity contribution in [3.05, 3.63) is 49.3 Å². The summed E-state index contributed by atoms with van der Waals surface area (Å²) >= 11 is 0. The summed E-state index contributed by atoms with van der Waals surface area (Å²) in [6.45, 7) is 0. The number of ether oxygens (including phenoxy) is 2. The number of nitrogens with zero attached hydrogens (tertiary/aromatic N) is 4. The van der Waals surface area contributed by atoms with Crippen LogP contribution in [0.2, 0.25) is 0 Å². The third-order valence-corrected chi connectivity index (χ3v) is 4.68. The maximum Gasteiger partial charge on any atom is 0.263 e. The second-order valence-electron chi connectivity index (χ2n) is 4.85. The SMILES string of the molecule is COc1ccc(S(=O)(=O)Nc2cc(-n3ccnc3)ncn2)cc1OC. The molecule has 3 aromatic rings. The summed E-state index contributed by atoms with van der Waals surface area (Å²) in [5.41, 5.74) is 0. The summed E-state index contributed by atoms with van der Waals surface area (Å²) in [7, 11) is -0.948. The predicted octanol–water partition coefficient (Wildman–Crippen LogP) is 1.48.